The van der Waals surface area contributed by atoms with Gasteiger partial charge >= 0.3 is 0 Å². The third-order valence-corrected chi connectivity index (χ3v) is 2.84. The van der Waals surface area contributed by atoms with E-state index in [4.69, 9.17) is 10.8 Å². The number of hydrogen-bond donors (Lipinski definition) is 2. The maximum atomic E-state index is 8.81. The zero-order valence-corrected chi connectivity index (χ0v) is 8.42. The number of pyridine rings is 1. The molecule has 0 amide bonds. The van der Waals surface area contributed by atoms with Crippen molar-refractivity contribution in [2.45, 2.75) is 11.9 Å². The van der Waals surface area contributed by atoms with E-state index in [1.54, 1.807) is 24.0 Å². The third kappa shape index (κ3) is 3.65. The maximum Gasteiger partial charge on any atom is 0.0980 e. The first kappa shape index (κ1) is 10.3. The van der Waals surface area contributed by atoms with Gasteiger partial charge in [0.1, 0.15) is 0 Å². The van der Waals surface area contributed by atoms with Crippen LogP contribution in [0.4, 0.5) is 5.69 Å². The van der Waals surface area contributed by atoms with Crippen molar-refractivity contribution in [1.82, 2.24) is 4.98 Å². The number of rotatable bonds is 4. The highest BCUT2D eigenvalue weighted by molar-refractivity contribution is 7.99. The first-order chi connectivity index (χ1) is 6.22. The maximum absolute atomic E-state index is 8.81. The number of hydrogen-bond acceptors (Lipinski definition) is 4. The van der Waals surface area contributed by atoms with E-state index in [0.717, 1.165) is 16.5 Å². The van der Waals surface area contributed by atoms with Crippen LogP contribution >= 0.6 is 11.8 Å². The molecule has 0 radical (unpaired) electrons. The van der Waals surface area contributed by atoms with E-state index in [9.17, 15) is 0 Å². The lowest BCUT2D eigenvalue weighted by molar-refractivity contribution is 0.250. The van der Waals surface area contributed by atoms with Gasteiger partial charge in [0.15, 0.2) is 0 Å². The van der Waals surface area contributed by atoms with Crippen molar-refractivity contribution in [1.29, 1.82) is 0 Å². The van der Waals surface area contributed by atoms with Gasteiger partial charge in [-0.25, -0.2) is 4.98 Å². The molecule has 0 aliphatic rings. The normalized spacial score (nSPS) is 12.8. The molecular formula is C9H14N2OS. The van der Waals surface area contributed by atoms with Crippen molar-refractivity contribution < 1.29 is 5.11 Å². The van der Waals surface area contributed by atoms with Gasteiger partial charge in [0.2, 0.25) is 0 Å². The summed E-state index contributed by atoms with van der Waals surface area (Å²) in [7, 11) is 0. The predicted octanol–water partition coefficient (Wildman–Crippen LogP) is 1.38. The molecule has 0 fully saturated rings. The number of nitrogens with zero attached hydrogens (tertiary/aromatic N) is 1. The number of aliphatic hydroxyl groups excluding tert-OH is 1. The Morgan fingerprint density at radius 2 is 2.46 bits per heavy atom. The van der Waals surface area contributed by atoms with Gasteiger partial charge in [0, 0.05) is 24.2 Å². The minimum absolute atomic E-state index is 0.218. The van der Waals surface area contributed by atoms with Crippen molar-refractivity contribution >= 4 is 17.4 Å². The second-order valence-corrected chi connectivity index (χ2v) is 4.07. The molecule has 3 N–H and O–H groups in total. The summed E-state index contributed by atoms with van der Waals surface area (Å²) in [5.74, 6) is 1.17. The molecule has 1 aromatic heterocycles. The Morgan fingerprint density at radius 3 is 3.08 bits per heavy atom. The van der Waals surface area contributed by atoms with Crippen LogP contribution in [0.25, 0.3) is 0 Å². The van der Waals surface area contributed by atoms with Gasteiger partial charge < -0.3 is 10.8 Å². The van der Waals surface area contributed by atoms with Crippen LogP contribution in [0.5, 0.6) is 0 Å². The van der Waals surface area contributed by atoms with Crippen molar-refractivity contribution in [3.63, 3.8) is 0 Å². The first-order valence-corrected chi connectivity index (χ1v) is 5.16. The van der Waals surface area contributed by atoms with Gasteiger partial charge in [-0.05, 0) is 18.1 Å². The number of aliphatic hydroxyl groups is 1. The Balaban J connectivity index is 2.45. The minimum atomic E-state index is 0.218. The predicted molar refractivity (Wildman–Crippen MR) is 55.6 cm³/mol. The number of nitrogens with two attached hydrogens (primary N) is 1. The Kier molecular flexibility index (Phi) is 4.05. The summed E-state index contributed by atoms with van der Waals surface area (Å²) >= 11 is 1.62. The second kappa shape index (κ2) is 5.09. The summed E-state index contributed by atoms with van der Waals surface area (Å²) in [5, 5.41) is 9.73. The van der Waals surface area contributed by atoms with Crippen LogP contribution in [0.3, 0.4) is 0 Å². The highest BCUT2D eigenvalue weighted by Crippen LogP contribution is 2.19. The highest BCUT2D eigenvalue weighted by atomic mass is 32.2. The lowest BCUT2D eigenvalue weighted by Crippen LogP contribution is -2.03. The molecule has 72 valence electrons. The lowest BCUT2D eigenvalue weighted by atomic mass is 10.2. The monoisotopic (exact) mass is 198 g/mol. The van der Waals surface area contributed by atoms with Crippen LogP contribution in [0.15, 0.2) is 23.4 Å². The van der Waals surface area contributed by atoms with Gasteiger partial charge in [0.25, 0.3) is 0 Å². The fourth-order valence-electron chi connectivity index (χ4n) is 0.784. The molecular weight excluding hydrogens is 184 g/mol. The third-order valence-electron chi connectivity index (χ3n) is 1.59. The van der Waals surface area contributed by atoms with E-state index < -0.39 is 0 Å². The van der Waals surface area contributed by atoms with E-state index in [2.05, 4.69) is 4.98 Å². The molecule has 1 unspecified atom stereocenters. The topological polar surface area (TPSA) is 59.1 Å². The van der Waals surface area contributed by atoms with Gasteiger partial charge in [0.05, 0.1) is 5.03 Å². The SMILES string of the molecule is CC(CO)CSc1cc(N)ccn1. The Labute approximate surface area is 82.4 Å². The lowest BCUT2D eigenvalue weighted by Gasteiger charge is -2.06. The van der Waals surface area contributed by atoms with E-state index in [-0.39, 0.29) is 6.61 Å². The molecule has 13 heavy (non-hydrogen) atoms. The van der Waals surface area contributed by atoms with Gasteiger partial charge in [-0.3, -0.25) is 0 Å². The zero-order chi connectivity index (χ0) is 9.68. The summed E-state index contributed by atoms with van der Waals surface area (Å²) in [4.78, 5) is 4.15. The van der Waals surface area contributed by atoms with E-state index in [0.29, 0.717) is 5.92 Å². The Bertz CT molecular complexity index is 268. The van der Waals surface area contributed by atoms with E-state index in [1.165, 1.54) is 0 Å². The highest BCUT2D eigenvalue weighted by Gasteiger charge is 2.02. The molecule has 0 spiro atoms. The molecule has 1 rings (SSSR count). The van der Waals surface area contributed by atoms with Crippen LogP contribution < -0.4 is 5.73 Å². The molecule has 4 heteroatoms. The quantitative estimate of drug-likeness (QED) is 0.718. The van der Waals surface area contributed by atoms with Crippen molar-refractivity contribution in [2.75, 3.05) is 18.1 Å². The van der Waals surface area contributed by atoms with Gasteiger partial charge in [-0.1, -0.05) is 6.92 Å². The average Bonchev–Trinajstić information content (AvgIpc) is 2.14. The van der Waals surface area contributed by atoms with Crippen LogP contribution in [0.2, 0.25) is 0 Å². The first-order valence-electron chi connectivity index (χ1n) is 4.17. The average molecular weight is 198 g/mol. The fourth-order valence-corrected chi connectivity index (χ4v) is 1.70. The largest absolute Gasteiger partial charge is 0.399 e. The molecule has 0 aliphatic carbocycles. The molecule has 0 bridgehead atoms. The number of nitrogen functional groups attached to an aromatic ring is 1. The molecule has 3 nitrogen and oxygen atoms in total. The van der Waals surface area contributed by atoms with Crippen LogP contribution in [-0.4, -0.2) is 22.5 Å². The smallest absolute Gasteiger partial charge is 0.0980 e. The number of thioether (sulfide) groups is 1. The van der Waals surface area contributed by atoms with Crippen LogP contribution in [0, 0.1) is 5.92 Å². The summed E-state index contributed by atoms with van der Waals surface area (Å²) in [6.45, 7) is 2.22. The summed E-state index contributed by atoms with van der Waals surface area (Å²) in [6, 6.07) is 3.61. The number of anilines is 1. The van der Waals surface area contributed by atoms with Crippen LogP contribution in [0.1, 0.15) is 6.92 Å². The number of aromatic nitrogens is 1. The van der Waals surface area contributed by atoms with Crippen molar-refractivity contribution in [3.05, 3.63) is 18.3 Å². The Hall–Kier alpha value is -0.740. The van der Waals surface area contributed by atoms with E-state index in [1.807, 2.05) is 13.0 Å². The van der Waals surface area contributed by atoms with Gasteiger partial charge in [-0.15, -0.1) is 11.8 Å². The standard InChI is InChI=1S/C9H14N2OS/c1-7(5-12)6-13-9-4-8(10)2-3-11-9/h2-4,7,12H,5-6H2,1H3,(H2,10,11). The second-order valence-electron chi connectivity index (χ2n) is 3.03. The van der Waals surface area contributed by atoms with Gasteiger partial charge in [-0.2, -0.15) is 0 Å². The van der Waals surface area contributed by atoms with E-state index >= 15 is 0 Å². The molecule has 0 saturated carbocycles. The molecule has 0 aliphatic heterocycles. The summed E-state index contributed by atoms with van der Waals surface area (Å²) < 4.78 is 0. The molecule has 0 saturated heterocycles. The molecule has 0 aromatic carbocycles. The minimum Gasteiger partial charge on any atom is -0.399 e. The molecule has 1 aromatic rings. The Morgan fingerprint density at radius 1 is 1.69 bits per heavy atom. The summed E-state index contributed by atoms with van der Waals surface area (Å²) in [6.07, 6.45) is 1.70. The molecule has 1 heterocycles. The van der Waals surface area contributed by atoms with Crippen molar-refractivity contribution in [2.24, 2.45) is 5.92 Å². The van der Waals surface area contributed by atoms with Crippen molar-refractivity contribution in [3.8, 4) is 0 Å². The molecule has 1 atom stereocenters. The zero-order valence-electron chi connectivity index (χ0n) is 7.60. The van der Waals surface area contributed by atoms with Crippen LogP contribution in [-0.2, 0) is 0 Å². The fraction of sp³-hybridized carbons (Fsp3) is 0.444. The summed E-state index contributed by atoms with van der Waals surface area (Å²) in [5.41, 5.74) is 6.33.